The van der Waals surface area contributed by atoms with Gasteiger partial charge in [-0.3, -0.25) is 0 Å². The van der Waals surface area contributed by atoms with Crippen molar-refractivity contribution in [2.75, 3.05) is 0 Å². The number of thiazole rings is 1. The van der Waals surface area contributed by atoms with Crippen LogP contribution < -0.4 is 4.78 Å². The number of hydrogen-bond acceptors (Lipinski definition) is 4. The van der Waals surface area contributed by atoms with Gasteiger partial charge in [0, 0.05) is 11.8 Å². The molecule has 22 heavy (non-hydrogen) atoms. The average molecular weight is 319 g/mol. The van der Waals surface area contributed by atoms with Crippen molar-refractivity contribution in [1.29, 1.82) is 0 Å². The van der Waals surface area contributed by atoms with Crippen molar-refractivity contribution >= 4 is 23.2 Å². The van der Waals surface area contributed by atoms with E-state index in [1.54, 1.807) is 12.3 Å². The van der Waals surface area contributed by atoms with Crippen molar-refractivity contribution in [3.63, 3.8) is 0 Å². The molecular formula is C16H19BFNO2S. The van der Waals surface area contributed by atoms with Gasteiger partial charge in [-0.25, -0.2) is 9.37 Å². The first kappa shape index (κ1) is 15.7. The molecule has 0 radical (unpaired) electrons. The molecule has 116 valence electrons. The fraction of sp³-hybridized carbons (Fsp3) is 0.438. The van der Waals surface area contributed by atoms with Gasteiger partial charge in [0.2, 0.25) is 0 Å². The third-order valence-electron chi connectivity index (χ3n) is 4.43. The molecule has 0 unspecified atom stereocenters. The van der Waals surface area contributed by atoms with Gasteiger partial charge in [0.1, 0.15) is 10.8 Å². The zero-order chi connectivity index (χ0) is 16.1. The molecular weight excluding hydrogens is 300 g/mol. The van der Waals surface area contributed by atoms with Crippen LogP contribution in [0.4, 0.5) is 4.39 Å². The second-order valence-corrected chi connectivity index (χ2v) is 7.68. The fourth-order valence-electron chi connectivity index (χ4n) is 2.35. The van der Waals surface area contributed by atoms with Crippen LogP contribution in [-0.4, -0.2) is 23.3 Å². The van der Waals surface area contributed by atoms with Crippen LogP contribution >= 0.6 is 11.3 Å². The van der Waals surface area contributed by atoms with E-state index in [9.17, 15) is 4.39 Å². The summed E-state index contributed by atoms with van der Waals surface area (Å²) in [7, 11) is -0.406. The number of nitrogens with zero attached hydrogens (tertiary/aromatic N) is 1. The minimum absolute atomic E-state index is 0.232. The van der Waals surface area contributed by atoms with Crippen molar-refractivity contribution in [2.24, 2.45) is 0 Å². The molecule has 3 nitrogen and oxygen atoms in total. The molecule has 6 heteroatoms. The van der Waals surface area contributed by atoms with E-state index in [0.717, 1.165) is 20.9 Å². The Morgan fingerprint density at radius 2 is 1.77 bits per heavy atom. The third kappa shape index (κ3) is 2.60. The Balaban J connectivity index is 1.89. The van der Waals surface area contributed by atoms with Gasteiger partial charge in [0.05, 0.1) is 16.0 Å². The summed E-state index contributed by atoms with van der Waals surface area (Å²) in [5.41, 5.74) is 1.07. The zero-order valence-electron chi connectivity index (χ0n) is 13.4. The van der Waals surface area contributed by atoms with Gasteiger partial charge < -0.3 is 9.31 Å². The molecule has 1 aliphatic heterocycles. The van der Waals surface area contributed by atoms with E-state index < -0.39 is 7.12 Å². The topological polar surface area (TPSA) is 31.4 Å². The largest absolute Gasteiger partial charge is 0.507 e. The number of halogens is 1. The lowest BCUT2D eigenvalue weighted by Gasteiger charge is -2.32. The zero-order valence-corrected chi connectivity index (χ0v) is 14.3. The molecule has 1 aromatic carbocycles. The van der Waals surface area contributed by atoms with Gasteiger partial charge in [-0.05, 0) is 58.4 Å². The lowest BCUT2D eigenvalue weighted by Crippen LogP contribution is -2.41. The molecule has 0 saturated carbocycles. The lowest BCUT2D eigenvalue weighted by molar-refractivity contribution is 0.00578. The van der Waals surface area contributed by atoms with Gasteiger partial charge >= 0.3 is 7.12 Å². The smallest absolute Gasteiger partial charge is 0.399 e. The highest BCUT2D eigenvalue weighted by Gasteiger charge is 2.52. The van der Waals surface area contributed by atoms with E-state index in [-0.39, 0.29) is 17.0 Å². The monoisotopic (exact) mass is 319 g/mol. The molecule has 0 atom stereocenters. The Kier molecular flexibility index (Phi) is 3.66. The normalized spacial score (nSPS) is 19.6. The first-order valence-corrected chi connectivity index (χ1v) is 8.09. The molecule has 1 saturated heterocycles. The van der Waals surface area contributed by atoms with Crippen molar-refractivity contribution in [1.82, 2.24) is 4.98 Å². The molecule has 1 aromatic heterocycles. The molecule has 1 aliphatic rings. The first-order valence-electron chi connectivity index (χ1n) is 7.27. The Hall–Kier alpha value is -1.24. The molecule has 0 bridgehead atoms. The Morgan fingerprint density at radius 1 is 1.14 bits per heavy atom. The second-order valence-electron chi connectivity index (χ2n) is 6.62. The highest BCUT2D eigenvalue weighted by Crippen LogP contribution is 2.37. The maximum Gasteiger partial charge on any atom is 0.507 e. The summed E-state index contributed by atoms with van der Waals surface area (Å²) in [4.78, 5) is 4.45. The highest BCUT2D eigenvalue weighted by molar-refractivity contribution is 7.24. The third-order valence-corrected chi connectivity index (χ3v) is 5.48. The van der Waals surface area contributed by atoms with Crippen LogP contribution in [0, 0.1) is 12.7 Å². The molecule has 0 spiro atoms. The van der Waals surface area contributed by atoms with Crippen LogP contribution in [0.3, 0.4) is 0 Å². The number of aromatic nitrogens is 1. The van der Waals surface area contributed by atoms with Crippen molar-refractivity contribution < 1.29 is 13.7 Å². The minimum Gasteiger partial charge on any atom is -0.399 e. The van der Waals surface area contributed by atoms with E-state index in [2.05, 4.69) is 4.98 Å². The molecule has 0 aliphatic carbocycles. The molecule has 2 aromatic rings. The predicted molar refractivity (Wildman–Crippen MR) is 88.0 cm³/mol. The Bertz CT molecular complexity index is 698. The van der Waals surface area contributed by atoms with E-state index in [1.807, 2.05) is 34.6 Å². The number of benzene rings is 1. The van der Waals surface area contributed by atoms with Gasteiger partial charge in [-0.2, -0.15) is 0 Å². The van der Waals surface area contributed by atoms with Gasteiger partial charge in [0.25, 0.3) is 0 Å². The van der Waals surface area contributed by atoms with E-state index >= 15 is 0 Å². The summed E-state index contributed by atoms with van der Waals surface area (Å²) >= 11 is 1.52. The number of aryl methyl sites for hydroxylation is 1. The van der Waals surface area contributed by atoms with Crippen LogP contribution in [0.1, 0.15) is 33.3 Å². The summed E-state index contributed by atoms with van der Waals surface area (Å²) in [5.74, 6) is -0.232. The standard InChI is InChI=1S/C16H19BFNO2S/c1-10-8-11(18)6-7-12(10)14-19-9-13(22-14)17-20-15(2,3)16(4,5)21-17/h6-9H,1-5H3. The van der Waals surface area contributed by atoms with Crippen LogP contribution in [0.15, 0.2) is 24.4 Å². The maximum atomic E-state index is 13.2. The van der Waals surface area contributed by atoms with Crippen molar-refractivity contribution in [3.05, 3.63) is 35.8 Å². The molecule has 2 heterocycles. The maximum absolute atomic E-state index is 13.2. The van der Waals surface area contributed by atoms with Crippen LogP contribution in [-0.2, 0) is 9.31 Å². The molecule has 0 N–H and O–H groups in total. The SMILES string of the molecule is Cc1cc(F)ccc1-c1ncc(B2OC(C)(C)C(C)(C)O2)s1. The Labute approximate surface area is 134 Å². The predicted octanol–water partition coefficient (Wildman–Crippen LogP) is 3.56. The van der Waals surface area contributed by atoms with E-state index in [0.29, 0.717) is 0 Å². The van der Waals surface area contributed by atoms with Gasteiger partial charge in [0.15, 0.2) is 0 Å². The van der Waals surface area contributed by atoms with Crippen LogP contribution in [0.5, 0.6) is 0 Å². The molecule has 1 fully saturated rings. The lowest BCUT2D eigenvalue weighted by atomic mass is 9.89. The number of hydrogen-bond donors (Lipinski definition) is 0. The van der Waals surface area contributed by atoms with Crippen LogP contribution in [0.25, 0.3) is 10.6 Å². The summed E-state index contributed by atoms with van der Waals surface area (Å²) in [6.45, 7) is 9.99. The minimum atomic E-state index is -0.406. The van der Waals surface area contributed by atoms with Gasteiger partial charge in [-0.1, -0.05) is 0 Å². The summed E-state index contributed by atoms with van der Waals surface area (Å²) in [6.07, 6.45) is 1.78. The summed E-state index contributed by atoms with van der Waals surface area (Å²) < 4.78 is 26.2. The highest BCUT2D eigenvalue weighted by atomic mass is 32.1. The molecule has 3 rings (SSSR count). The average Bonchev–Trinajstić information content (AvgIpc) is 2.93. The van der Waals surface area contributed by atoms with E-state index in [1.165, 1.54) is 23.5 Å². The van der Waals surface area contributed by atoms with E-state index in [4.69, 9.17) is 9.31 Å². The fourth-order valence-corrected chi connectivity index (χ4v) is 3.31. The Morgan fingerprint density at radius 3 is 2.36 bits per heavy atom. The molecule has 0 amide bonds. The van der Waals surface area contributed by atoms with Crippen molar-refractivity contribution in [2.45, 2.75) is 45.8 Å². The number of rotatable bonds is 2. The van der Waals surface area contributed by atoms with Gasteiger partial charge in [-0.15, -0.1) is 11.3 Å². The first-order chi connectivity index (χ1) is 10.2. The van der Waals surface area contributed by atoms with Crippen LogP contribution in [0.2, 0.25) is 0 Å². The second kappa shape index (κ2) is 5.15. The summed E-state index contributed by atoms with van der Waals surface area (Å²) in [6, 6.07) is 4.74. The summed E-state index contributed by atoms with van der Waals surface area (Å²) in [5, 5.41) is 0.849. The van der Waals surface area contributed by atoms with Crippen molar-refractivity contribution in [3.8, 4) is 10.6 Å². The quantitative estimate of drug-likeness (QED) is 0.793.